The summed E-state index contributed by atoms with van der Waals surface area (Å²) in [6.07, 6.45) is 0. The molecule has 1 N–H and O–H groups in total. The Labute approximate surface area is 122 Å². The minimum Gasteiger partial charge on any atom is -0.380 e. The first kappa shape index (κ1) is 16.7. The van der Waals surface area contributed by atoms with Gasteiger partial charge in [-0.3, -0.25) is 0 Å². The van der Waals surface area contributed by atoms with E-state index in [-0.39, 0.29) is 5.41 Å². The van der Waals surface area contributed by atoms with Crippen molar-refractivity contribution in [2.24, 2.45) is 0 Å². The van der Waals surface area contributed by atoms with E-state index in [2.05, 4.69) is 47.9 Å². The van der Waals surface area contributed by atoms with Gasteiger partial charge in [-0.15, -0.1) is 0 Å². The minimum absolute atomic E-state index is 0.0685. The lowest BCUT2D eigenvalue weighted by Crippen LogP contribution is -2.26. The molecule has 20 heavy (non-hydrogen) atoms. The zero-order valence-electron chi connectivity index (χ0n) is 13.7. The lowest BCUT2D eigenvalue weighted by molar-refractivity contribution is 0.154. The second-order valence-electron chi connectivity index (χ2n) is 5.83. The van der Waals surface area contributed by atoms with Gasteiger partial charge in [-0.25, -0.2) is 9.97 Å². The van der Waals surface area contributed by atoms with Crippen LogP contribution in [-0.4, -0.2) is 43.3 Å². The van der Waals surface area contributed by atoms with Crippen molar-refractivity contribution in [2.45, 2.75) is 40.0 Å². The van der Waals surface area contributed by atoms with Gasteiger partial charge in [0.05, 0.1) is 6.61 Å². The molecule has 1 aromatic rings. The highest BCUT2D eigenvalue weighted by atomic mass is 16.5. The average molecular weight is 280 g/mol. The molecule has 0 spiro atoms. The number of nitrogens with one attached hydrogen (secondary N) is 1. The van der Waals surface area contributed by atoms with Crippen LogP contribution >= 0.6 is 0 Å². The summed E-state index contributed by atoms with van der Waals surface area (Å²) in [5.41, 5.74) is -0.0685. The van der Waals surface area contributed by atoms with Crippen molar-refractivity contribution >= 4 is 11.6 Å². The van der Waals surface area contributed by atoms with Gasteiger partial charge in [-0.2, -0.15) is 0 Å². The molecule has 0 saturated heterocycles. The van der Waals surface area contributed by atoms with E-state index in [1.807, 2.05) is 20.0 Å². The second-order valence-corrected chi connectivity index (χ2v) is 5.83. The summed E-state index contributed by atoms with van der Waals surface area (Å²) in [4.78, 5) is 11.4. The van der Waals surface area contributed by atoms with Gasteiger partial charge in [-0.05, 0) is 13.8 Å². The molecular weight excluding hydrogens is 252 g/mol. The number of likely N-dealkylation sites (N-methyl/N-ethyl adjacent to an activating group) is 1. The standard InChI is InChI=1S/C15H28N4O/c1-7-16-12-11-13(19(6)9-10-20-8-2)18-14(17-12)15(3,4)5/h11H,7-10H2,1-6H3,(H,16,17,18). The van der Waals surface area contributed by atoms with E-state index in [4.69, 9.17) is 4.74 Å². The molecule has 114 valence electrons. The van der Waals surface area contributed by atoms with Gasteiger partial charge in [0, 0.05) is 38.2 Å². The quantitative estimate of drug-likeness (QED) is 0.778. The number of anilines is 2. The smallest absolute Gasteiger partial charge is 0.138 e. The van der Waals surface area contributed by atoms with Crippen molar-refractivity contribution < 1.29 is 4.74 Å². The monoisotopic (exact) mass is 280 g/mol. The van der Waals surface area contributed by atoms with E-state index in [9.17, 15) is 0 Å². The number of hydrogen-bond acceptors (Lipinski definition) is 5. The minimum atomic E-state index is -0.0685. The molecule has 0 aliphatic heterocycles. The Kier molecular flexibility index (Phi) is 6.20. The maximum Gasteiger partial charge on any atom is 0.138 e. The molecule has 0 radical (unpaired) electrons. The molecule has 0 unspecified atom stereocenters. The molecule has 0 fully saturated rings. The fraction of sp³-hybridized carbons (Fsp3) is 0.733. The maximum absolute atomic E-state index is 5.40. The van der Waals surface area contributed by atoms with E-state index in [0.717, 1.165) is 37.2 Å². The molecular formula is C15H28N4O. The molecule has 0 amide bonds. The summed E-state index contributed by atoms with van der Waals surface area (Å²) in [5.74, 6) is 2.67. The van der Waals surface area contributed by atoms with Crippen molar-refractivity contribution in [3.8, 4) is 0 Å². The Morgan fingerprint density at radius 2 is 1.95 bits per heavy atom. The predicted molar refractivity (Wildman–Crippen MR) is 84.7 cm³/mol. The number of rotatable bonds is 7. The van der Waals surface area contributed by atoms with Crippen LogP contribution in [0, 0.1) is 0 Å². The third-order valence-corrected chi connectivity index (χ3v) is 2.91. The van der Waals surface area contributed by atoms with Crippen LogP contribution in [0.15, 0.2) is 6.07 Å². The van der Waals surface area contributed by atoms with Gasteiger partial charge in [0.2, 0.25) is 0 Å². The number of ether oxygens (including phenoxy) is 1. The zero-order chi connectivity index (χ0) is 15.2. The zero-order valence-corrected chi connectivity index (χ0v) is 13.7. The lowest BCUT2D eigenvalue weighted by atomic mass is 9.96. The van der Waals surface area contributed by atoms with E-state index in [0.29, 0.717) is 6.61 Å². The van der Waals surface area contributed by atoms with Crippen LogP contribution in [0.2, 0.25) is 0 Å². The highest BCUT2D eigenvalue weighted by Crippen LogP contribution is 2.23. The van der Waals surface area contributed by atoms with E-state index >= 15 is 0 Å². The highest BCUT2D eigenvalue weighted by Gasteiger charge is 2.20. The molecule has 0 aromatic carbocycles. The molecule has 0 bridgehead atoms. The molecule has 1 heterocycles. The van der Waals surface area contributed by atoms with Gasteiger partial charge in [0.15, 0.2) is 0 Å². The Morgan fingerprint density at radius 1 is 1.25 bits per heavy atom. The van der Waals surface area contributed by atoms with Crippen molar-refractivity contribution in [1.82, 2.24) is 9.97 Å². The molecule has 5 heteroatoms. The SMILES string of the molecule is CCNc1cc(N(C)CCOCC)nc(C(C)(C)C)n1. The van der Waals surface area contributed by atoms with Crippen LogP contribution in [0.25, 0.3) is 0 Å². The Bertz CT molecular complexity index is 415. The molecule has 0 atom stereocenters. The molecule has 0 aliphatic carbocycles. The van der Waals surface area contributed by atoms with Crippen molar-refractivity contribution in [3.63, 3.8) is 0 Å². The van der Waals surface area contributed by atoms with Gasteiger partial charge >= 0.3 is 0 Å². The summed E-state index contributed by atoms with van der Waals surface area (Å²) in [6.45, 7) is 13.6. The topological polar surface area (TPSA) is 50.3 Å². The van der Waals surface area contributed by atoms with Crippen LogP contribution in [0.5, 0.6) is 0 Å². The van der Waals surface area contributed by atoms with Crippen molar-refractivity contribution in [1.29, 1.82) is 0 Å². The van der Waals surface area contributed by atoms with E-state index < -0.39 is 0 Å². The fourth-order valence-corrected chi connectivity index (χ4v) is 1.70. The van der Waals surface area contributed by atoms with Crippen LogP contribution in [0.3, 0.4) is 0 Å². The first-order valence-corrected chi connectivity index (χ1v) is 7.30. The van der Waals surface area contributed by atoms with Gasteiger partial charge in [-0.1, -0.05) is 20.8 Å². The highest BCUT2D eigenvalue weighted by molar-refractivity contribution is 5.49. The summed E-state index contributed by atoms with van der Waals surface area (Å²) >= 11 is 0. The first-order valence-electron chi connectivity index (χ1n) is 7.30. The Morgan fingerprint density at radius 3 is 2.50 bits per heavy atom. The molecule has 5 nitrogen and oxygen atoms in total. The number of aromatic nitrogens is 2. The third kappa shape index (κ3) is 4.96. The lowest BCUT2D eigenvalue weighted by Gasteiger charge is -2.23. The molecule has 1 aromatic heterocycles. The number of hydrogen-bond donors (Lipinski definition) is 1. The first-order chi connectivity index (χ1) is 9.38. The van der Waals surface area contributed by atoms with E-state index in [1.54, 1.807) is 0 Å². The average Bonchev–Trinajstić information content (AvgIpc) is 2.38. The Balaban J connectivity index is 2.96. The van der Waals surface area contributed by atoms with E-state index in [1.165, 1.54) is 0 Å². The van der Waals surface area contributed by atoms with Crippen LogP contribution in [-0.2, 0) is 10.2 Å². The van der Waals surface area contributed by atoms with Gasteiger partial charge in [0.25, 0.3) is 0 Å². The maximum atomic E-state index is 5.40. The van der Waals surface area contributed by atoms with Gasteiger partial charge < -0.3 is 15.0 Å². The summed E-state index contributed by atoms with van der Waals surface area (Å²) < 4.78 is 5.40. The third-order valence-electron chi connectivity index (χ3n) is 2.91. The number of nitrogens with zero attached hydrogens (tertiary/aromatic N) is 3. The largest absolute Gasteiger partial charge is 0.380 e. The van der Waals surface area contributed by atoms with Crippen molar-refractivity contribution in [3.05, 3.63) is 11.9 Å². The molecule has 0 aliphatic rings. The van der Waals surface area contributed by atoms with Gasteiger partial charge in [0.1, 0.15) is 17.5 Å². The second kappa shape index (κ2) is 7.43. The Hall–Kier alpha value is -1.36. The van der Waals surface area contributed by atoms with Crippen LogP contribution in [0.4, 0.5) is 11.6 Å². The summed E-state index contributed by atoms with van der Waals surface area (Å²) in [6, 6.07) is 1.99. The fourth-order valence-electron chi connectivity index (χ4n) is 1.70. The molecule has 1 rings (SSSR count). The van der Waals surface area contributed by atoms with Crippen LogP contribution in [0.1, 0.15) is 40.4 Å². The van der Waals surface area contributed by atoms with Crippen LogP contribution < -0.4 is 10.2 Å². The summed E-state index contributed by atoms with van der Waals surface area (Å²) in [5, 5.41) is 3.27. The predicted octanol–water partition coefficient (Wildman–Crippen LogP) is 2.68. The van der Waals surface area contributed by atoms with Crippen molar-refractivity contribution in [2.75, 3.05) is 43.6 Å². The summed E-state index contributed by atoms with van der Waals surface area (Å²) in [7, 11) is 2.03. The molecule has 0 saturated carbocycles. The normalized spacial score (nSPS) is 11.5.